The van der Waals surface area contributed by atoms with Crippen molar-refractivity contribution < 1.29 is 9.59 Å². The van der Waals surface area contributed by atoms with E-state index in [1.165, 1.54) is 69.2 Å². The first-order chi connectivity index (χ1) is 8.24. The minimum Gasteiger partial charge on any atom is -0.396 e. The molecule has 0 atom stereocenters. The Morgan fingerprint density at radius 1 is 0.647 bits per heavy atom. The van der Waals surface area contributed by atoms with Gasteiger partial charge in [-0.15, -0.1) is 0 Å². The van der Waals surface area contributed by atoms with Crippen LogP contribution in [0.1, 0.15) is 65.7 Å². The highest BCUT2D eigenvalue weighted by molar-refractivity contribution is 4.49. The van der Waals surface area contributed by atoms with Gasteiger partial charge in [-0.25, -0.2) is 0 Å². The molecule has 0 aromatic heterocycles. The number of hydrogen-bond donors (Lipinski definition) is 1. The van der Waals surface area contributed by atoms with Gasteiger partial charge in [-0.1, -0.05) is 33.6 Å². The summed E-state index contributed by atoms with van der Waals surface area (Å²) in [4.78, 5) is 0. The zero-order chi connectivity index (χ0) is 13.0. The molecule has 0 saturated heterocycles. The molecule has 0 unspecified atom stereocenters. The van der Waals surface area contributed by atoms with Crippen molar-refractivity contribution in [3.8, 4) is 0 Å². The average molecular weight is 244 g/mol. The van der Waals surface area contributed by atoms with Crippen molar-refractivity contribution >= 4 is 0 Å². The first-order valence-electron chi connectivity index (χ1n) is 7.70. The minimum atomic E-state index is 0.355. The molecular weight excluding hydrogens is 210 g/mol. The molecule has 0 aromatic carbocycles. The topological polar surface area (TPSA) is 20.2 Å². The Morgan fingerprint density at radius 3 is 1.59 bits per heavy atom. The molecule has 2 nitrogen and oxygen atoms in total. The highest BCUT2D eigenvalue weighted by atomic mass is 16.2. The smallest absolute Gasteiger partial charge is 0.0787 e. The molecule has 1 N–H and O–H groups in total. The molecule has 0 radical (unpaired) electrons. The maximum atomic E-state index is 8.94. The van der Waals surface area contributed by atoms with E-state index in [1.54, 1.807) is 0 Å². The predicted molar refractivity (Wildman–Crippen MR) is 76.2 cm³/mol. The van der Waals surface area contributed by atoms with Crippen molar-refractivity contribution in [2.24, 2.45) is 0 Å². The van der Waals surface area contributed by atoms with Crippen LogP contribution in [-0.2, 0) is 0 Å². The number of hydrogen-bond acceptors (Lipinski definition) is 1. The molecule has 0 heterocycles. The zero-order valence-electron chi connectivity index (χ0n) is 12.4. The van der Waals surface area contributed by atoms with Gasteiger partial charge in [0, 0.05) is 6.61 Å². The third-order valence-corrected chi connectivity index (χ3v) is 3.71. The maximum Gasteiger partial charge on any atom is 0.0787 e. The number of nitrogens with zero attached hydrogens (tertiary/aromatic N) is 1. The lowest BCUT2D eigenvalue weighted by atomic mass is 10.1. The van der Waals surface area contributed by atoms with E-state index in [9.17, 15) is 0 Å². The normalized spacial score (nSPS) is 12.0. The number of quaternary nitrogens is 1. The van der Waals surface area contributed by atoms with Gasteiger partial charge in [-0.05, 0) is 32.1 Å². The predicted octanol–water partition coefficient (Wildman–Crippen LogP) is 3.59. The molecule has 104 valence electrons. The van der Waals surface area contributed by atoms with Crippen LogP contribution >= 0.6 is 0 Å². The van der Waals surface area contributed by atoms with Gasteiger partial charge in [-0.3, -0.25) is 0 Å². The van der Waals surface area contributed by atoms with E-state index in [1.807, 2.05) is 0 Å². The van der Waals surface area contributed by atoms with Crippen molar-refractivity contribution in [2.45, 2.75) is 65.7 Å². The van der Waals surface area contributed by atoms with Crippen molar-refractivity contribution in [2.75, 3.05) is 32.8 Å². The van der Waals surface area contributed by atoms with E-state index in [0.29, 0.717) is 6.61 Å². The monoisotopic (exact) mass is 244 g/mol. The van der Waals surface area contributed by atoms with Gasteiger partial charge in [0.25, 0.3) is 0 Å². The quantitative estimate of drug-likeness (QED) is 0.411. The summed E-state index contributed by atoms with van der Waals surface area (Å²) >= 11 is 0. The van der Waals surface area contributed by atoms with E-state index in [-0.39, 0.29) is 0 Å². The van der Waals surface area contributed by atoms with Crippen molar-refractivity contribution in [1.29, 1.82) is 0 Å². The van der Waals surface area contributed by atoms with Gasteiger partial charge in [0.15, 0.2) is 0 Å². The molecule has 0 amide bonds. The van der Waals surface area contributed by atoms with E-state index in [4.69, 9.17) is 5.11 Å². The first kappa shape index (κ1) is 16.9. The summed E-state index contributed by atoms with van der Waals surface area (Å²) in [6, 6.07) is 0. The van der Waals surface area contributed by atoms with E-state index in [0.717, 1.165) is 6.42 Å². The van der Waals surface area contributed by atoms with Gasteiger partial charge >= 0.3 is 0 Å². The molecule has 0 rings (SSSR count). The Balaban J connectivity index is 4.32. The maximum absolute atomic E-state index is 8.94. The summed E-state index contributed by atoms with van der Waals surface area (Å²) < 4.78 is 1.30. The Morgan fingerprint density at radius 2 is 1.18 bits per heavy atom. The van der Waals surface area contributed by atoms with Gasteiger partial charge in [0.05, 0.1) is 26.2 Å². The second kappa shape index (κ2) is 11.0. The third-order valence-electron chi connectivity index (χ3n) is 3.71. The van der Waals surface area contributed by atoms with Crippen molar-refractivity contribution in [3.63, 3.8) is 0 Å². The largest absolute Gasteiger partial charge is 0.396 e. The van der Waals surface area contributed by atoms with Crippen LogP contribution in [0, 0.1) is 0 Å². The van der Waals surface area contributed by atoms with Gasteiger partial charge in [0.2, 0.25) is 0 Å². The molecule has 0 spiro atoms. The SMILES string of the molecule is CCCC[N+](CCC)(CCCC)CCCCO. The second-order valence-electron chi connectivity index (χ2n) is 5.37. The first-order valence-corrected chi connectivity index (χ1v) is 7.70. The molecule has 0 aliphatic heterocycles. The molecule has 17 heavy (non-hydrogen) atoms. The Hall–Kier alpha value is -0.0800. The lowest BCUT2D eigenvalue weighted by Crippen LogP contribution is -2.50. The highest BCUT2D eigenvalue weighted by Gasteiger charge is 2.24. The molecule has 0 aliphatic carbocycles. The summed E-state index contributed by atoms with van der Waals surface area (Å²) in [6.07, 6.45) is 8.75. The summed E-state index contributed by atoms with van der Waals surface area (Å²) in [5.41, 5.74) is 0. The summed E-state index contributed by atoms with van der Waals surface area (Å²) in [5, 5.41) is 8.94. The molecule has 0 aromatic rings. The standard InChI is InChI=1S/C15H34NO/c1-4-7-12-16(11-6-3,13-8-5-2)14-9-10-15-17/h17H,4-15H2,1-3H3/q+1. The molecule has 0 aliphatic rings. The fraction of sp³-hybridized carbons (Fsp3) is 1.00. The lowest BCUT2D eigenvalue weighted by Gasteiger charge is -2.39. The van der Waals surface area contributed by atoms with Gasteiger partial charge < -0.3 is 9.59 Å². The molecule has 0 bridgehead atoms. The van der Waals surface area contributed by atoms with Crippen LogP contribution in [0.5, 0.6) is 0 Å². The number of aliphatic hydroxyl groups excluding tert-OH is 1. The molecule has 2 heteroatoms. The molecular formula is C15H34NO+. The molecule has 0 saturated carbocycles. The van der Waals surface area contributed by atoms with Crippen LogP contribution in [0.25, 0.3) is 0 Å². The fourth-order valence-electron chi connectivity index (χ4n) is 2.69. The van der Waals surface area contributed by atoms with Crippen LogP contribution in [0.2, 0.25) is 0 Å². The number of aliphatic hydroxyl groups is 1. The summed E-state index contributed by atoms with van der Waals surface area (Å²) in [6.45, 7) is 12.5. The zero-order valence-corrected chi connectivity index (χ0v) is 12.4. The van der Waals surface area contributed by atoms with Crippen LogP contribution in [-0.4, -0.2) is 42.4 Å². The van der Waals surface area contributed by atoms with Crippen LogP contribution in [0.3, 0.4) is 0 Å². The van der Waals surface area contributed by atoms with Crippen LogP contribution in [0.15, 0.2) is 0 Å². The van der Waals surface area contributed by atoms with E-state index in [2.05, 4.69) is 20.8 Å². The van der Waals surface area contributed by atoms with Gasteiger partial charge in [0.1, 0.15) is 0 Å². The Bertz CT molecular complexity index is 151. The van der Waals surface area contributed by atoms with Gasteiger partial charge in [-0.2, -0.15) is 0 Å². The molecule has 0 fully saturated rings. The van der Waals surface area contributed by atoms with Crippen molar-refractivity contribution in [1.82, 2.24) is 0 Å². The summed E-state index contributed by atoms with van der Waals surface area (Å²) in [7, 11) is 0. The minimum absolute atomic E-state index is 0.355. The number of unbranched alkanes of at least 4 members (excludes halogenated alkanes) is 3. The number of rotatable bonds is 12. The van der Waals surface area contributed by atoms with E-state index >= 15 is 0 Å². The Kier molecular flexibility index (Phi) is 11.0. The fourth-order valence-corrected chi connectivity index (χ4v) is 2.69. The summed E-state index contributed by atoms with van der Waals surface area (Å²) in [5.74, 6) is 0. The second-order valence-corrected chi connectivity index (χ2v) is 5.37. The van der Waals surface area contributed by atoms with E-state index < -0.39 is 0 Å². The Labute approximate surface area is 109 Å². The average Bonchev–Trinajstić information content (AvgIpc) is 2.34. The van der Waals surface area contributed by atoms with Crippen LogP contribution < -0.4 is 0 Å². The lowest BCUT2D eigenvalue weighted by molar-refractivity contribution is -0.929. The van der Waals surface area contributed by atoms with Crippen molar-refractivity contribution in [3.05, 3.63) is 0 Å². The van der Waals surface area contributed by atoms with Crippen LogP contribution in [0.4, 0.5) is 0 Å². The third kappa shape index (κ3) is 7.77. The highest BCUT2D eigenvalue weighted by Crippen LogP contribution is 2.15.